The summed E-state index contributed by atoms with van der Waals surface area (Å²) in [4.78, 5) is 24.5. The van der Waals surface area contributed by atoms with Gasteiger partial charge in [-0.05, 0) is 55.7 Å². The molecular formula is C23H24O6. The number of hydrogen-bond donors (Lipinski definition) is 0. The Balaban J connectivity index is 1.65. The molecule has 0 saturated heterocycles. The molecule has 0 spiro atoms. The number of ketones is 1. The first-order valence-corrected chi connectivity index (χ1v) is 9.32. The first kappa shape index (κ1) is 20.5. The molecule has 152 valence electrons. The Morgan fingerprint density at radius 1 is 1.03 bits per heavy atom. The lowest BCUT2D eigenvalue weighted by molar-refractivity contribution is -0.136. The van der Waals surface area contributed by atoms with Gasteiger partial charge in [-0.15, -0.1) is 0 Å². The van der Waals surface area contributed by atoms with Crippen molar-refractivity contribution < 1.29 is 28.5 Å². The molecule has 3 rings (SSSR count). The topological polar surface area (TPSA) is 71.1 Å². The third-order valence-electron chi connectivity index (χ3n) is 4.56. The Bertz CT molecular complexity index is 933. The first-order chi connectivity index (χ1) is 13.9. The molecular weight excluding hydrogens is 372 g/mol. The van der Waals surface area contributed by atoms with Crippen LogP contribution in [0.2, 0.25) is 0 Å². The summed E-state index contributed by atoms with van der Waals surface area (Å²) in [6.45, 7) is 6.34. The number of methoxy groups -OCH3 is 1. The summed E-state index contributed by atoms with van der Waals surface area (Å²) in [7, 11) is 1.54. The zero-order valence-electron chi connectivity index (χ0n) is 17.0. The van der Waals surface area contributed by atoms with Gasteiger partial charge in [0.25, 0.3) is 0 Å². The van der Waals surface area contributed by atoms with E-state index in [9.17, 15) is 9.59 Å². The molecule has 1 heterocycles. The third-order valence-corrected chi connectivity index (χ3v) is 4.56. The van der Waals surface area contributed by atoms with Crippen LogP contribution in [0.3, 0.4) is 0 Å². The van der Waals surface area contributed by atoms with Gasteiger partial charge in [0, 0.05) is 11.6 Å². The van der Waals surface area contributed by atoms with Gasteiger partial charge in [0.1, 0.15) is 13.2 Å². The summed E-state index contributed by atoms with van der Waals surface area (Å²) in [5.41, 5.74) is 4.14. The van der Waals surface area contributed by atoms with Crippen molar-refractivity contribution >= 4 is 17.8 Å². The molecule has 0 aliphatic carbocycles. The van der Waals surface area contributed by atoms with Crippen LogP contribution in [-0.2, 0) is 9.53 Å². The average molecular weight is 396 g/mol. The number of carbonyl (C=O) groups excluding carboxylic acids is 2. The minimum atomic E-state index is -0.602. The smallest absolute Gasteiger partial charge is 0.331 e. The van der Waals surface area contributed by atoms with Crippen molar-refractivity contribution in [1.29, 1.82) is 0 Å². The summed E-state index contributed by atoms with van der Waals surface area (Å²) >= 11 is 0. The number of carbonyl (C=O) groups is 2. The SMILES string of the molecule is COc1cc(/C=C/C(=O)OCC(=O)c2c(C)cc(C)cc2C)cc2c1OCCO2. The number of rotatable bonds is 6. The quantitative estimate of drug-likeness (QED) is 0.420. The Labute approximate surface area is 170 Å². The van der Waals surface area contributed by atoms with Crippen LogP contribution in [0.5, 0.6) is 17.2 Å². The van der Waals surface area contributed by atoms with Crippen LogP contribution in [0.4, 0.5) is 0 Å². The van der Waals surface area contributed by atoms with Gasteiger partial charge in [0.15, 0.2) is 18.1 Å². The maximum atomic E-state index is 12.5. The molecule has 0 unspecified atom stereocenters. The first-order valence-electron chi connectivity index (χ1n) is 9.32. The van der Waals surface area contributed by atoms with E-state index >= 15 is 0 Å². The largest absolute Gasteiger partial charge is 0.493 e. The minimum Gasteiger partial charge on any atom is -0.493 e. The lowest BCUT2D eigenvalue weighted by Crippen LogP contribution is -2.16. The van der Waals surface area contributed by atoms with E-state index in [1.807, 2.05) is 32.9 Å². The second kappa shape index (κ2) is 8.82. The lowest BCUT2D eigenvalue weighted by atomic mass is 9.97. The zero-order valence-corrected chi connectivity index (χ0v) is 17.0. The second-order valence-corrected chi connectivity index (χ2v) is 6.89. The Hall–Kier alpha value is -3.28. The monoisotopic (exact) mass is 396 g/mol. The highest BCUT2D eigenvalue weighted by molar-refractivity contribution is 6.01. The van der Waals surface area contributed by atoms with E-state index in [0.29, 0.717) is 41.6 Å². The van der Waals surface area contributed by atoms with Crippen LogP contribution in [-0.4, -0.2) is 38.7 Å². The van der Waals surface area contributed by atoms with Gasteiger partial charge in [-0.3, -0.25) is 4.79 Å². The summed E-state index contributed by atoms with van der Waals surface area (Å²) in [6, 6.07) is 7.38. The molecule has 1 aliphatic rings. The number of hydrogen-bond acceptors (Lipinski definition) is 6. The molecule has 0 bridgehead atoms. The molecule has 6 nitrogen and oxygen atoms in total. The maximum Gasteiger partial charge on any atom is 0.331 e. The fourth-order valence-electron chi connectivity index (χ4n) is 3.43. The van der Waals surface area contributed by atoms with E-state index in [1.165, 1.54) is 13.2 Å². The Kier molecular flexibility index (Phi) is 6.22. The number of esters is 1. The van der Waals surface area contributed by atoms with Crippen molar-refractivity contribution in [2.45, 2.75) is 20.8 Å². The predicted molar refractivity (Wildman–Crippen MR) is 109 cm³/mol. The predicted octanol–water partition coefficient (Wildman–Crippen LogP) is 3.83. The van der Waals surface area contributed by atoms with E-state index in [4.69, 9.17) is 18.9 Å². The van der Waals surface area contributed by atoms with Gasteiger partial charge in [0.2, 0.25) is 11.5 Å². The van der Waals surface area contributed by atoms with E-state index in [0.717, 1.165) is 16.7 Å². The molecule has 1 aliphatic heterocycles. The number of aryl methyl sites for hydroxylation is 3. The van der Waals surface area contributed by atoms with E-state index in [-0.39, 0.29) is 12.4 Å². The molecule has 0 N–H and O–H groups in total. The minimum absolute atomic E-state index is 0.220. The molecule has 6 heteroatoms. The summed E-state index contributed by atoms with van der Waals surface area (Å²) in [5, 5.41) is 0. The summed E-state index contributed by atoms with van der Waals surface area (Å²) in [6.07, 6.45) is 2.85. The second-order valence-electron chi connectivity index (χ2n) is 6.89. The van der Waals surface area contributed by atoms with Crippen LogP contribution in [0.15, 0.2) is 30.3 Å². The molecule has 0 fully saturated rings. The van der Waals surface area contributed by atoms with Crippen LogP contribution in [0.1, 0.15) is 32.6 Å². The van der Waals surface area contributed by atoms with Crippen molar-refractivity contribution in [2.24, 2.45) is 0 Å². The van der Waals surface area contributed by atoms with Crippen molar-refractivity contribution in [2.75, 3.05) is 26.9 Å². The average Bonchev–Trinajstić information content (AvgIpc) is 2.69. The highest BCUT2D eigenvalue weighted by atomic mass is 16.6. The third kappa shape index (κ3) is 4.77. The lowest BCUT2D eigenvalue weighted by Gasteiger charge is -2.20. The molecule has 29 heavy (non-hydrogen) atoms. The highest BCUT2D eigenvalue weighted by Gasteiger charge is 2.18. The van der Waals surface area contributed by atoms with E-state index in [1.54, 1.807) is 18.2 Å². The fraction of sp³-hybridized carbons (Fsp3) is 0.304. The number of benzene rings is 2. The standard InChI is InChI=1S/C23H24O6/c1-14-9-15(2)22(16(3)10-14)18(24)13-29-21(25)6-5-17-11-19(26-4)23-20(12-17)27-7-8-28-23/h5-6,9-12H,7-8,13H2,1-4H3/b6-5+. The summed E-state index contributed by atoms with van der Waals surface area (Å²) < 4.78 is 21.6. The highest BCUT2D eigenvalue weighted by Crippen LogP contribution is 2.40. The van der Waals surface area contributed by atoms with Gasteiger partial charge in [-0.2, -0.15) is 0 Å². The fourth-order valence-corrected chi connectivity index (χ4v) is 3.43. The van der Waals surface area contributed by atoms with Crippen LogP contribution in [0, 0.1) is 20.8 Å². The van der Waals surface area contributed by atoms with Gasteiger partial charge >= 0.3 is 5.97 Å². The van der Waals surface area contributed by atoms with Crippen LogP contribution >= 0.6 is 0 Å². The number of ether oxygens (including phenoxy) is 4. The van der Waals surface area contributed by atoms with E-state index < -0.39 is 5.97 Å². The molecule has 0 amide bonds. The van der Waals surface area contributed by atoms with Gasteiger partial charge < -0.3 is 18.9 Å². The summed E-state index contributed by atoms with van der Waals surface area (Å²) in [5.74, 6) is 0.810. The number of fused-ring (bicyclic) bond motifs is 1. The molecule has 2 aromatic carbocycles. The zero-order chi connectivity index (χ0) is 21.0. The van der Waals surface area contributed by atoms with Crippen molar-refractivity contribution in [3.05, 3.63) is 58.2 Å². The van der Waals surface area contributed by atoms with Crippen LogP contribution in [0.25, 0.3) is 6.08 Å². The van der Waals surface area contributed by atoms with Gasteiger partial charge in [0.05, 0.1) is 7.11 Å². The normalized spacial score (nSPS) is 12.7. The Morgan fingerprint density at radius 3 is 2.41 bits per heavy atom. The van der Waals surface area contributed by atoms with Crippen molar-refractivity contribution in [3.8, 4) is 17.2 Å². The molecule has 0 aromatic heterocycles. The van der Waals surface area contributed by atoms with Crippen molar-refractivity contribution in [1.82, 2.24) is 0 Å². The van der Waals surface area contributed by atoms with Gasteiger partial charge in [-0.25, -0.2) is 4.79 Å². The molecule has 0 saturated carbocycles. The molecule has 2 aromatic rings. The molecule has 0 radical (unpaired) electrons. The van der Waals surface area contributed by atoms with Crippen molar-refractivity contribution in [3.63, 3.8) is 0 Å². The Morgan fingerprint density at radius 2 is 1.72 bits per heavy atom. The van der Waals surface area contributed by atoms with Crippen LogP contribution < -0.4 is 14.2 Å². The number of Topliss-reactive ketones (excluding diaryl/α,β-unsaturated/α-hetero) is 1. The maximum absolute atomic E-state index is 12.5. The molecule has 0 atom stereocenters. The van der Waals surface area contributed by atoms with Gasteiger partial charge in [-0.1, -0.05) is 17.7 Å². The van der Waals surface area contributed by atoms with E-state index in [2.05, 4.69) is 0 Å².